The van der Waals surface area contributed by atoms with Crippen LogP contribution >= 0.6 is 0 Å². The second kappa shape index (κ2) is 8.37. The third-order valence-electron chi connectivity index (χ3n) is 5.05. The van der Waals surface area contributed by atoms with Gasteiger partial charge in [-0.1, -0.05) is 36.4 Å². The Kier molecular flexibility index (Phi) is 5.48. The quantitative estimate of drug-likeness (QED) is 0.692. The molecule has 1 aliphatic rings. The molecule has 2 amide bonds. The van der Waals surface area contributed by atoms with Crippen molar-refractivity contribution in [1.82, 2.24) is 0 Å². The van der Waals surface area contributed by atoms with E-state index in [4.69, 9.17) is 4.74 Å². The summed E-state index contributed by atoms with van der Waals surface area (Å²) in [6, 6.07) is 19.0. The SMILES string of the molecule is Cc1ccccc1CN1C(=O)COc2ccc(NC(=O)Cc3ccc(F)cc3)cc21. The van der Waals surface area contributed by atoms with Gasteiger partial charge < -0.3 is 15.0 Å². The molecule has 1 heterocycles. The van der Waals surface area contributed by atoms with E-state index >= 15 is 0 Å². The van der Waals surface area contributed by atoms with Gasteiger partial charge in [0.05, 0.1) is 18.7 Å². The first-order chi connectivity index (χ1) is 14.5. The largest absolute Gasteiger partial charge is 0.482 e. The topological polar surface area (TPSA) is 58.6 Å². The number of nitrogens with one attached hydrogen (secondary N) is 1. The molecule has 0 atom stereocenters. The number of halogens is 1. The molecule has 0 spiro atoms. The minimum Gasteiger partial charge on any atom is -0.482 e. The zero-order valence-electron chi connectivity index (χ0n) is 16.5. The monoisotopic (exact) mass is 404 g/mol. The number of hydrogen-bond donors (Lipinski definition) is 1. The number of anilines is 2. The molecule has 0 unspecified atom stereocenters. The highest BCUT2D eigenvalue weighted by Crippen LogP contribution is 2.35. The third-order valence-corrected chi connectivity index (χ3v) is 5.05. The van der Waals surface area contributed by atoms with E-state index in [0.29, 0.717) is 29.2 Å². The highest BCUT2D eigenvalue weighted by Gasteiger charge is 2.26. The first-order valence-electron chi connectivity index (χ1n) is 9.65. The predicted molar refractivity (Wildman–Crippen MR) is 113 cm³/mol. The molecule has 1 aliphatic heterocycles. The summed E-state index contributed by atoms with van der Waals surface area (Å²) in [7, 11) is 0. The fourth-order valence-corrected chi connectivity index (χ4v) is 3.40. The Morgan fingerprint density at radius 1 is 1.10 bits per heavy atom. The molecule has 0 saturated carbocycles. The Balaban J connectivity index is 1.54. The maximum absolute atomic E-state index is 13.0. The zero-order chi connectivity index (χ0) is 21.1. The van der Waals surface area contributed by atoms with Gasteiger partial charge in [-0.05, 0) is 53.9 Å². The highest BCUT2D eigenvalue weighted by molar-refractivity contribution is 5.99. The fraction of sp³-hybridized carbons (Fsp3) is 0.167. The minimum absolute atomic E-state index is 0.0187. The van der Waals surface area contributed by atoms with E-state index in [-0.39, 0.29) is 30.7 Å². The number of benzene rings is 3. The Bertz CT molecular complexity index is 1100. The smallest absolute Gasteiger partial charge is 0.265 e. The summed E-state index contributed by atoms with van der Waals surface area (Å²) in [5, 5.41) is 2.84. The van der Waals surface area contributed by atoms with E-state index in [2.05, 4.69) is 5.32 Å². The maximum atomic E-state index is 13.0. The second-order valence-electron chi connectivity index (χ2n) is 7.23. The van der Waals surface area contributed by atoms with Crippen LogP contribution in [0.2, 0.25) is 0 Å². The second-order valence-corrected chi connectivity index (χ2v) is 7.23. The van der Waals surface area contributed by atoms with E-state index in [0.717, 1.165) is 11.1 Å². The molecule has 152 valence electrons. The van der Waals surface area contributed by atoms with Crippen LogP contribution in [0.5, 0.6) is 5.75 Å². The van der Waals surface area contributed by atoms with Crippen LogP contribution in [0.4, 0.5) is 15.8 Å². The summed E-state index contributed by atoms with van der Waals surface area (Å²) in [4.78, 5) is 26.6. The molecule has 4 rings (SSSR count). The van der Waals surface area contributed by atoms with E-state index in [1.165, 1.54) is 12.1 Å². The summed E-state index contributed by atoms with van der Waals surface area (Å²) in [5.41, 5.74) is 4.04. The van der Waals surface area contributed by atoms with Crippen molar-refractivity contribution < 1.29 is 18.7 Å². The molecule has 0 radical (unpaired) electrons. The van der Waals surface area contributed by atoms with Crippen molar-refractivity contribution in [3.63, 3.8) is 0 Å². The lowest BCUT2D eigenvalue weighted by Gasteiger charge is -2.30. The molecule has 3 aromatic carbocycles. The van der Waals surface area contributed by atoms with Gasteiger partial charge in [0.15, 0.2) is 6.61 Å². The lowest BCUT2D eigenvalue weighted by Crippen LogP contribution is -2.38. The Labute approximate surface area is 174 Å². The van der Waals surface area contributed by atoms with Gasteiger partial charge in [0.1, 0.15) is 11.6 Å². The van der Waals surface area contributed by atoms with Crippen molar-refractivity contribution in [3.8, 4) is 5.75 Å². The van der Waals surface area contributed by atoms with Crippen LogP contribution in [0.25, 0.3) is 0 Å². The molecule has 3 aromatic rings. The van der Waals surface area contributed by atoms with Crippen molar-refractivity contribution in [2.75, 3.05) is 16.8 Å². The fourth-order valence-electron chi connectivity index (χ4n) is 3.40. The molecule has 0 aliphatic carbocycles. The number of carbonyl (C=O) groups is 2. The Morgan fingerprint density at radius 2 is 1.87 bits per heavy atom. The van der Waals surface area contributed by atoms with Crippen LogP contribution in [0.1, 0.15) is 16.7 Å². The summed E-state index contributed by atoms with van der Waals surface area (Å²) in [6.45, 7) is 2.41. The molecule has 5 nitrogen and oxygen atoms in total. The van der Waals surface area contributed by atoms with Gasteiger partial charge in [0, 0.05) is 5.69 Å². The molecular weight excluding hydrogens is 383 g/mol. The normalized spacial score (nSPS) is 12.9. The average molecular weight is 404 g/mol. The van der Waals surface area contributed by atoms with Crippen molar-refractivity contribution in [3.05, 3.63) is 89.2 Å². The average Bonchev–Trinajstić information content (AvgIpc) is 2.73. The lowest BCUT2D eigenvalue weighted by molar-refractivity contribution is -0.121. The number of aryl methyl sites for hydroxylation is 1. The molecule has 0 aromatic heterocycles. The van der Waals surface area contributed by atoms with Crippen molar-refractivity contribution in [1.29, 1.82) is 0 Å². The minimum atomic E-state index is -0.341. The van der Waals surface area contributed by atoms with Crippen LogP contribution in [0.15, 0.2) is 66.7 Å². The van der Waals surface area contributed by atoms with Gasteiger partial charge in [-0.25, -0.2) is 4.39 Å². The van der Waals surface area contributed by atoms with E-state index in [1.807, 2.05) is 31.2 Å². The van der Waals surface area contributed by atoms with Crippen LogP contribution < -0.4 is 15.0 Å². The number of ether oxygens (including phenoxy) is 1. The van der Waals surface area contributed by atoms with E-state index in [1.54, 1.807) is 35.2 Å². The zero-order valence-corrected chi connectivity index (χ0v) is 16.5. The van der Waals surface area contributed by atoms with Gasteiger partial charge in [0.25, 0.3) is 5.91 Å². The van der Waals surface area contributed by atoms with Crippen LogP contribution in [-0.2, 0) is 22.6 Å². The third kappa shape index (κ3) is 4.33. The molecule has 6 heteroatoms. The highest BCUT2D eigenvalue weighted by atomic mass is 19.1. The number of amides is 2. The van der Waals surface area contributed by atoms with Gasteiger partial charge in [-0.3, -0.25) is 9.59 Å². The van der Waals surface area contributed by atoms with Gasteiger partial charge in [-0.2, -0.15) is 0 Å². The number of rotatable bonds is 5. The van der Waals surface area contributed by atoms with Crippen LogP contribution in [0.3, 0.4) is 0 Å². The van der Waals surface area contributed by atoms with E-state index in [9.17, 15) is 14.0 Å². The molecule has 0 fully saturated rings. The Hall–Kier alpha value is -3.67. The first kappa shape index (κ1) is 19.6. The lowest BCUT2D eigenvalue weighted by atomic mass is 10.1. The molecule has 0 saturated heterocycles. The van der Waals surface area contributed by atoms with Crippen molar-refractivity contribution in [2.24, 2.45) is 0 Å². The predicted octanol–water partition coefficient (Wildman–Crippen LogP) is 4.24. The Morgan fingerprint density at radius 3 is 2.63 bits per heavy atom. The summed E-state index contributed by atoms with van der Waals surface area (Å²) in [5.74, 6) is -0.109. The maximum Gasteiger partial charge on any atom is 0.265 e. The van der Waals surface area contributed by atoms with Crippen LogP contribution in [0, 0.1) is 12.7 Å². The first-order valence-corrected chi connectivity index (χ1v) is 9.65. The number of hydrogen-bond acceptors (Lipinski definition) is 3. The summed E-state index contributed by atoms with van der Waals surface area (Å²) < 4.78 is 18.6. The van der Waals surface area contributed by atoms with Crippen molar-refractivity contribution in [2.45, 2.75) is 19.9 Å². The summed E-state index contributed by atoms with van der Waals surface area (Å²) >= 11 is 0. The number of carbonyl (C=O) groups excluding carboxylic acids is 2. The van der Waals surface area contributed by atoms with E-state index < -0.39 is 0 Å². The summed E-state index contributed by atoms with van der Waals surface area (Å²) in [6.07, 6.45) is 0.125. The molecule has 1 N–H and O–H groups in total. The van der Waals surface area contributed by atoms with Gasteiger partial charge in [-0.15, -0.1) is 0 Å². The van der Waals surface area contributed by atoms with Crippen molar-refractivity contribution >= 4 is 23.2 Å². The molecular formula is C24H21FN2O3. The molecule has 0 bridgehead atoms. The molecule has 30 heavy (non-hydrogen) atoms. The van der Waals surface area contributed by atoms with Gasteiger partial charge >= 0.3 is 0 Å². The number of fused-ring (bicyclic) bond motifs is 1. The number of nitrogens with zero attached hydrogens (tertiary/aromatic N) is 1. The standard InChI is InChI=1S/C24H21FN2O3/c1-16-4-2-3-5-18(16)14-27-21-13-20(10-11-22(21)30-15-24(27)29)26-23(28)12-17-6-8-19(25)9-7-17/h2-11,13H,12,14-15H2,1H3,(H,26,28). The van der Waals surface area contributed by atoms with Crippen LogP contribution in [-0.4, -0.2) is 18.4 Å². The van der Waals surface area contributed by atoms with Gasteiger partial charge in [0.2, 0.25) is 5.91 Å².